The Kier molecular flexibility index (Phi) is 3.69. The van der Waals surface area contributed by atoms with Crippen LogP contribution in [0.4, 0.5) is 5.00 Å². The van der Waals surface area contributed by atoms with E-state index in [4.69, 9.17) is 11.5 Å². The van der Waals surface area contributed by atoms with Crippen molar-refractivity contribution in [1.29, 1.82) is 5.26 Å². The van der Waals surface area contributed by atoms with Crippen molar-refractivity contribution >= 4 is 28.0 Å². The fraction of sp³-hybridized carbons (Fsp3) is 0.562. The summed E-state index contributed by atoms with van der Waals surface area (Å²) in [5.41, 5.74) is 11.2. The monoisotopic (exact) mass is 317 g/mol. The van der Waals surface area contributed by atoms with E-state index in [1.165, 1.54) is 6.42 Å². The Morgan fingerprint density at radius 3 is 2.59 bits per heavy atom. The van der Waals surface area contributed by atoms with E-state index in [0.29, 0.717) is 28.3 Å². The van der Waals surface area contributed by atoms with Gasteiger partial charge in [0.15, 0.2) is 5.78 Å². The topological polar surface area (TPSA) is 110 Å². The van der Waals surface area contributed by atoms with Gasteiger partial charge in [-0.15, -0.1) is 11.3 Å². The number of rotatable bonds is 2. The first-order valence-corrected chi connectivity index (χ1v) is 8.50. The van der Waals surface area contributed by atoms with Crippen LogP contribution in [0.1, 0.15) is 64.1 Å². The lowest BCUT2D eigenvalue weighted by molar-refractivity contribution is 0.0698. The maximum atomic E-state index is 13.0. The average molecular weight is 317 g/mol. The van der Waals surface area contributed by atoms with Crippen molar-refractivity contribution in [3.05, 3.63) is 16.0 Å². The second-order valence-corrected chi connectivity index (χ2v) is 7.31. The van der Waals surface area contributed by atoms with Crippen LogP contribution in [-0.4, -0.2) is 11.7 Å². The van der Waals surface area contributed by atoms with Crippen LogP contribution < -0.4 is 11.5 Å². The van der Waals surface area contributed by atoms with Crippen LogP contribution in [0.25, 0.3) is 0 Å². The fourth-order valence-corrected chi connectivity index (χ4v) is 5.15. The zero-order valence-electron chi connectivity index (χ0n) is 12.4. The molecule has 1 fully saturated rings. The summed E-state index contributed by atoms with van der Waals surface area (Å²) in [6.07, 6.45) is 6.18. The van der Waals surface area contributed by atoms with Gasteiger partial charge in [-0.25, -0.2) is 0 Å². The molecule has 1 atom stereocenters. The molecule has 6 heteroatoms. The Labute approximate surface area is 133 Å². The molecule has 5 nitrogen and oxygen atoms in total. The van der Waals surface area contributed by atoms with Gasteiger partial charge in [0.25, 0.3) is 5.91 Å². The summed E-state index contributed by atoms with van der Waals surface area (Å²) in [7, 11) is 0. The molecule has 1 heterocycles. The minimum Gasteiger partial charge on any atom is -0.390 e. The van der Waals surface area contributed by atoms with Crippen molar-refractivity contribution in [2.75, 3.05) is 5.73 Å². The largest absolute Gasteiger partial charge is 0.390 e. The van der Waals surface area contributed by atoms with Crippen molar-refractivity contribution in [3.8, 4) is 6.07 Å². The molecule has 0 aromatic carbocycles. The number of fused-ring (bicyclic) bond motifs is 1. The van der Waals surface area contributed by atoms with Crippen molar-refractivity contribution in [2.45, 2.75) is 44.9 Å². The van der Waals surface area contributed by atoms with Gasteiger partial charge in [-0.1, -0.05) is 19.3 Å². The molecule has 1 saturated carbocycles. The highest BCUT2D eigenvalue weighted by Crippen LogP contribution is 2.49. The molecular weight excluding hydrogens is 298 g/mol. The molecule has 0 bridgehead atoms. The van der Waals surface area contributed by atoms with E-state index >= 15 is 0 Å². The van der Waals surface area contributed by atoms with Crippen LogP contribution in [-0.2, 0) is 6.42 Å². The molecule has 0 radical (unpaired) electrons. The molecular formula is C16H19N3O2S. The van der Waals surface area contributed by atoms with Crippen LogP contribution in [0.5, 0.6) is 0 Å². The smallest absolute Gasteiger partial charge is 0.251 e. The third-order valence-corrected chi connectivity index (χ3v) is 6.22. The van der Waals surface area contributed by atoms with Crippen molar-refractivity contribution < 1.29 is 9.59 Å². The van der Waals surface area contributed by atoms with Crippen molar-refractivity contribution in [2.24, 2.45) is 17.1 Å². The highest BCUT2D eigenvalue weighted by molar-refractivity contribution is 7.18. The number of primary amides is 1. The quantitative estimate of drug-likeness (QED) is 0.873. The fourth-order valence-electron chi connectivity index (χ4n) is 4.00. The van der Waals surface area contributed by atoms with Crippen LogP contribution in [0.15, 0.2) is 0 Å². The number of anilines is 1. The number of carbonyl (C=O) groups excluding carboxylic acids is 2. The second-order valence-electron chi connectivity index (χ2n) is 6.26. The van der Waals surface area contributed by atoms with Gasteiger partial charge in [0, 0.05) is 0 Å². The number of Topliss-reactive ketones (excluding diaryl/α,β-unsaturated/α-hetero) is 1. The first-order chi connectivity index (χ1) is 10.5. The molecule has 4 N–H and O–H groups in total. The Balaban J connectivity index is 2.05. The molecule has 2 aliphatic rings. The van der Waals surface area contributed by atoms with Crippen LogP contribution in [0.2, 0.25) is 0 Å². The molecule has 0 spiro atoms. The summed E-state index contributed by atoms with van der Waals surface area (Å²) in [5.74, 6) is -0.621. The number of thiophene rings is 1. The van der Waals surface area contributed by atoms with Gasteiger partial charge in [-0.05, 0) is 37.2 Å². The number of amides is 1. The van der Waals surface area contributed by atoms with Gasteiger partial charge >= 0.3 is 0 Å². The highest BCUT2D eigenvalue weighted by Gasteiger charge is 2.50. The van der Waals surface area contributed by atoms with E-state index < -0.39 is 11.3 Å². The summed E-state index contributed by atoms with van der Waals surface area (Å²) < 4.78 is 0. The molecule has 3 rings (SSSR count). The zero-order chi connectivity index (χ0) is 15.9. The lowest BCUT2D eigenvalue weighted by Crippen LogP contribution is -2.42. The minimum absolute atomic E-state index is 0.118. The number of ketones is 1. The maximum absolute atomic E-state index is 13.0. The van der Waals surface area contributed by atoms with Gasteiger partial charge in [0.05, 0.1) is 21.5 Å². The van der Waals surface area contributed by atoms with Crippen molar-refractivity contribution in [3.63, 3.8) is 0 Å². The van der Waals surface area contributed by atoms with Gasteiger partial charge < -0.3 is 11.5 Å². The minimum atomic E-state index is -0.945. The lowest BCUT2D eigenvalue weighted by atomic mass is 9.62. The molecule has 22 heavy (non-hydrogen) atoms. The summed E-state index contributed by atoms with van der Waals surface area (Å²) in [6, 6.07) is 2.34. The molecule has 1 aromatic heterocycles. The predicted molar refractivity (Wildman–Crippen MR) is 84.5 cm³/mol. The van der Waals surface area contributed by atoms with Gasteiger partial charge in [0.2, 0.25) is 0 Å². The predicted octanol–water partition coefficient (Wildman–Crippen LogP) is 2.65. The Morgan fingerprint density at radius 1 is 1.32 bits per heavy atom. The summed E-state index contributed by atoms with van der Waals surface area (Å²) >= 11 is 1.11. The van der Waals surface area contributed by atoms with E-state index in [1.54, 1.807) is 0 Å². The third-order valence-electron chi connectivity index (χ3n) is 5.16. The van der Waals surface area contributed by atoms with Crippen LogP contribution in [0, 0.1) is 22.7 Å². The standard InChI is InChI=1S/C16H19N3O2S/c17-8-16(9-4-2-1-3-5-9)7-6-10-11(14(18)21)15(19)22-12(10)13(16)20/h9H,1-7,19H2,(H2,18,21). The molecule has 2 aliphatic carbocycles. The molecule has 1 aromatic rings. The number of hydrogen-bond donors (Lipinski definition) is 2. The number of nitrogens with two attached hydrogens (primary N) is 2. The average Bonchev–Trinajstić information content (AvgIpc) is 2.86. The third kappa shape index (κ3) is 2.03. The Morgan fingerprint density at radius 2 is 2.00 bits per heavy atom. The lowest BCUT2D eigenvalue weighted by Gasteiger charge is -2.38. The van der Waals surface area contributed by atoms with Crippen LogP contribution in [0.3, 0.4) is 0 Å². The number of nitrogen functional groups attached to an aromatic ring is 1. The highest BCUT2D eigenvalue weighted by atomic mass is 32.1. The molecule has 1 amide bonds. The number of carbonyl (C=O) groups is 2. The Hall–Kier alpha value is -1.87. The van der Waals surface area contributed by atoms with Gasteiger partial charge in [-0.3, -0.25) is 9.59 Å². The van der Waals surface area contributed by atoms with E-state index in [2.05, 4.69) is 6.07 Å². The first-order valence-electron chi connectivity index (χ1n) is 7.68. The Bertz CT molecular complexity index is 682. The second kappa shape index (κ2) is 5.40. The van der Waals surface area contributed by atoms with Gasteiger partial charge in [0.1, 0.15) is 5.41 Å². The molecule has 0 saturated heterocycles. The normalized spacial score (nSPS) is 25.5. The molecule has 1 unspecified atom stereocenters. The van der Waals surface area contributed by atoms with Crippen molar-refractivity contribution in [1.82, 2.24) is 0 Å². The first kappa shape index (κ1) is 15.0. The number of hydrogen-bond acceptors (Lipinski definition) is 5. The maximum Gasteiger partial charge on any atom is 0.251 e. The molecule has 116 valence electrons. The summed E-state index contributed by atoms with van der Waals surface area (Å²) in [4.78, 5) is 25.1. The number of nitrogens with zero attached hydrogens (tertiary/aromatic N) is 1. The summed E-state index contributed by atoms with van der Waals surface area (Å²) in [6.45, 7) is 0. The van der Waals surface area contributed by atoms with Crippen LogP contribution >= 0.6 is 11.3 Å². The van der Waals surface area contributed by atoms with E-state index in [-0.39, 0.29) is 17.3 Å². The van der Waals surface area contributed by atoms with E-state index in [9.17, 15) is 14.9 Å². The molecule has 0 aliphatic heterocycles. The van der Waals surface area contributed by atoms with E-state index in [1.807, 2.05) is 0 Å². The SMILES string of the molecule is N#CC1(C2CCCCC2)CCc2c(sc(N)c2C(N)=O)C1=O. The van der Waals surface area contributed by atoms with Gasteiger partial charge in [-0.2, -0.15) is 5.26 Å². The zero-order valence-corrected chi connectivity index (χ0v) is 13.2. The number of nitriles is 1. The summed E-state index contributed by atoms with van der Waals surface area (Å²) in [5, 5.41) is 10.1. The van der Waals surface area contributed by atoms with E-state index in [0.717, 1.165) is 37.0 Å².